The zero-order valence-corrected chi connectivity index (χ0v) is 12.5. The maximum absolute atomic E-state index is 9.58. The Morgan fingerprint density at radius 3 is 2.68 bits per heavy atom. The van der Waals surface area contributed by atoms with E-state index in [1.165, 1.54) is 0 Å². The van der Waals surface area contributed by atoms with Crippen molar-refractivity contribution in [1.29, 1.82) is 0 Å². The van der Waals surface area contributed by atoms with Crippen molar-refractivity contribution in [1.82, 2.24) is 4.98 Å². The molecule has 22 heavy (non-hydrogen) atoms. The molecule has 4 nitrogen and oxygen atoms in total. The molecule has 0 unspecified atom stereocenters. The van der Waals surface area contributed by atoms with Gasteiger partial charge in [0.1, 0.15) is 24.0 Å². The number of nitrogens with zero attached hydrogens (tertiary/aromatic N) is 1. The number of thiazole rings is 1. The van der Waals surface area contributed by atoms with Gasteiger partial charge < -0.3 is 14.6 Å². The maximum Gasteiger partial charge on any atom is 0.162 e. The second-order valence-corrected chi connectivity index (χ2v) is 5.80. The number of rotatable bonds is 2. The predicted octanol–water partition coefficient (Wildman–Crippen LogP) is 3.95. The monoisotopic (exact) mass is 311 g/mol. The molecule has 0 amide bonds. The van der Waals surface area contributed by atoms with Crippen LogP contribution in [0.25, 0.3) is 21.8 Å². The van der Waals surface area contributed by atoms with Crippen LogP contribution in [0.2, 0.25) is 0 Å². The van der Waals surface area contributed by atoms with Gasteiger partial charge in [-0.25, -0.2) is 4.98 Å². The topological polar surface area (TPSA) is 51.6 Å². The molecule has 4 rings (SSSR count). The van der Waals surface area contributed by atoms with Crippen molar-refractivity contribution in [2.24, 2.45) is 0 Å². The van der Waals surface area contributed by atoms with Gasteiger partial charge >= 0.3 is 0 Å². The largest absolute Gasteiger partial charge is 0.508 e. The van der Waals surface area contributed by atoms with E-state index in [-0.39, 0.29) is 5.75 Å². The second kappa shape index (κ2) is 5.35. The summed E-state index contributed by atoms with van der Waals surface area (Å²) in [5.74, 6) is 1.78. The Bertz CT molecular complexity index is 828. The summed E-state index contributed by atoms with van der Waals surface area (Å²) < 4.78 is 11.1. The highest BCUT2D eigenvalue weighted by atomic mass is 32.1. The van der Waals surface area contributed by atoms with Crippen LogP contribution in [0.15, 0.2) is 47.8 Å². The minimum absolute atomic E-state index is 0.244. The Kier molecular flexibility index (Phi) is 3.20. The van der Waals surface area contributed by atoms with Gasteiger partial charge in [0.05, 0.1) is 5.69 Å². The highest BCUT2D eigenvalue weighted by molar-refractivity contribution is 7.13. The summed E-state index contributed by atoms with van der Waals surface area (Å²) in [4.78, 5) is 4.65. The fourth-order valence-electron chi connectivity index (χ4n) is 2.38. The number of phenols is 1. The minimum Gasteiger partial charge on any atom is -0.508 e. The Balaban J connectivity index is 1.69. The van der Waals surface area contributed by atoms with E-state index in [0.29, 0.717) is 13.2 Å². The lowest BCUT2D eigenvalue weighted by atomic mass is 10.1. The Labute approximate surface area is 131 Å². The summed E-state index contributed by atoms with van der Waals surface area (Å²) in [7, 11) is 0. The highest BCUT2D eigenvalue weighted by Gasteiger charge is 2.14. The van der Waals surface area contributed by atoms with Crippen LogP contribution in [0, 0.1) is 0 Å². The Morgan fingerprint density at radius 2 is 1.82 bits per heavy atom. The van der Waals surface area contributed by atoms with Crippen molar-refractivity contribution in [3.05, 3.63) is 47.8 Å². The van der Waals surface area contributed by atoms with Crippen LogP contribution >= 0.6 is 11.3 Å². The first-order valence-electron chi connectivity index (χ1n) is 6.94. The first-order valence-corrected chi connectivity index (χ1v) is 7.82. The number of fused-ring (bicyclic) bond motifs is 1. The quantitative estimate of drug-likeness (QED) is 0.778. The van der Waals surface area contributed by atoms with Crippen LogP contribution in [0.3, 0.4) is 0 Å². The smallest absolute Gasteiger partial charge is 0.162 e. The van der Waals surface area contributed by atoms with Gasteiger partial charge in [-0.3, -0.25) is 0 Å². The van der Waals surface area contributed by atoms with E-state index in [2.05, 4.69) is 4.98 Å². The molecule has 0 atom stereocenters. The molecule has 0 saturated heterocycles. The molecule has 0 spiro atoms. The molecular formula is C17H13NO3S. The summed E-state index contributed by atoms with van der Waals surface area (Å²) >= 11 is 1.55. The maximum atomic E-state index is 9.58. The number of aromatic hydroxyl groups is 1. The number of benzene rings is 2. The molecule has 2 heterocycles. The zero-order valence-electron chi connectivity index (χ0n) is 11.7. The van der Waals surface area contributed by atoms with Gasteiger partial charge in [-0.05, 0) is 30.3 Å². The van der Waals surface area contributed by atoms with Crippen molar-refractivity contribution in [2.45, 2.75) is 0 Å². The first-order chi connectivity index (χ1) is 10.8. The molecule has 3 aromatic rings. The van der Waals surface area contributed by atoms with Crippen molar-refractivity contribution >= 4 is 11.3 Å². The summed E-state index contributed by atoms with van der Waals surface area (Å²) in [6, 6.07) is 13.0. The molecule has 1 N–H and O–H groups in total. The number of aromatic nitrogens is 1. The van der Waals surface area contributed by atoms with E-state index >= 15 is 0 Å². The third kappa shape index (κ3) is 2.40. The molecular weight excluding hydrogens is 298 g/mol. The van der Waals surface area contributed by atoms with Gasteiger partial charge in [0, 0.05) is 16.5 Å². The third-order valence-corrected chi connectivity index (χ3v) is 4.33. The molecule has 0 saturated carbocycles. The zero-order chi connectivity index (χ0) is 14.9. The van der Waals surface area contributed by atoms with Crippen LogP contribution in [0.1, 0.15) is 0 Å². The van der Waals surface area contributed by atoms with Crippen LogP contribution in [0.5, 0.6) is 17.2 Å². The number of hydrogen-bond acceptors (Lipinski definition) is 5. The first kappa shape index (κ1) is 13.2. The third-order valence-electron chi connectivity index (χ3n) is 3.44. The van der Waals surface area contributed by atoms with Crippen LogP contribution < -0.4 is 9.47 Å². The summed E-state index contributed by atoms with van der Waals surface area (Å²) in [6.07, 6.45) is 0. The lowest BCUT2D eigenvalue weighted by Gasteiger charge is -2.18. The summed E-state index contributed by atoms with van der Waals surface area (Å²) in [5, 5.41) is 12.5. The predicted molar refractivity (Wildman–Crippen MR) is 85.6 cm³/mol. The molecule has 1 aliphatic rings. The minimum atomic E-state index is 0.244. The molecule has 1 aliphatic heterocycles. The van der Waals surface area contributed by atoms with E-state index in [0.717, 1.165) is 33.3 Å². The Morgan fingerprint density at radius 1 is 0.955 bits per heavy atom. The van der Waals surface area contributed by atoms with E-state index < -0.39 is 0 Å². The molecule has 0 aliphatic carbocycles. The fourth-order valence-corrected chi connectivity index (χ4v) is 3.21. The second-order valence-electron chi connectivity index (χ2n) is 4.95. The lowest BCUT2D eigenvalue weighted by Crippen LogP contribution is -2.15. The van der Waals surface area contributed by atoms with E-state index in [4.69, 9.17) is 9.47 Å². The number of hydrogen-bond donors (Lipinski definition) is 1. The average molecular weight is 311 g/mol. The van der Waals surface area contributed by atoms with Crippen LogP contribution in [-0.2, 0) is 0 Å². The molecule has 0 fully saturated rings. The molecule has 0 bridgehead atoms. The van der Waals surface area contributed by atoms with Crippen LogP contribution in [-0.4, -0.2) is 23.3 Å². The van der Waals surface area contributed by atoms with Crippen LogP contribution in [0.4, 0.5) is 0 Å². The van der Waals surface area contributed by atoms with Crippen molar-refractivity contribution in [2.75, 3.05) is 13.2 Å². The molecule has 110 valence electrons. The summed E-state index contributed by atoms with van der Waals surface area (Å²) in [5.41, 5.74) is 2.79. The number of phenolic OH excluding ortho intramolecular Hbond substituents is 1. The fraction of sp³-hybridized carbons (Fsp3) is 0.118. The SMILES string of the molecule is Oc1cccc(-c2nc(-c3ccc4c(c3)OCCO4)cs2)c1. The van der Waals surface area contributed by atoms with E-state index in [1.807, 2.05) is 35.7 Å². The normalized spacial score (nSPS) is 13.1. The molecule has 1 aromatic heterocycles. The van der Waals surface area contributed by atoms with E-state index in [1.54, 1.807) is 23.5 Å². The van der Waals surface area contributed by atoms with Crippen molar-refractivity contribution < 1.29 is 14.6 Å². The standard InChI is InChI=1S/C17H13NO3S/c19-13-3-1-2-12(8-13)17-18-14(10-22-17)11-4-5-15-16(9-11)21-7-6-20-15/h1-5,8-10,19H,6-7H2. The van der Waals surface area contributed by atoms with Gasteiger partial charge in [-0.15, -0.1) is 11.3 Å². The van der Waals surface area contributed by atoms with Gasteiger partial charge in [0.25, 0.3) is 0 Å². The average Bonchev–Trinajstić information content (AvgIpc) is 3.04. The van der Waals surface area contributed by atoms with Crippen molar-refractivity contribution in [3.63, 3.8) is 0 Å². The van der Waals surface area contributed by atoms with E-state index in [9.17, 15) is 5.11 Å². The molecule has 0 radical (unpaired) electrons. The van der Waals surface area contributed by atoms with Gasteiger partial charge in [0.2, 0.25) is 0 Å². The highest BCUT2D eigenvalue weighted by Crippen LogP contribution is 2.36. The Hall–Kier alpha value is -2.53. The van der Waals surface area contributed by atoms with Gasteiger partial charge in [0.15, 0.2) is 11.5 Å². The molecule has 5 heteroatoms. The molecule has 2 aromatic carbocycles. The number of ether oxygens (including phenoxy) is 2. The summed E-state index contributed by atoms with van der Waals surface area (Å²) in [6.45, 7) is 1.16. The van der Waals surface area contributed by atoms with Gasteiger partial charge in [-0.1, -0.05) is 12.1 Å². The van der Waals surface area contributed by atoms with Crippen molar-refractivity contribution in [3.8, 4) is 39.1 Å². The van der Waals surface area contributed by atoms with Gasteiger partial charge in [-0.2, -0.15) is 0 Å². The lowest BCUT2D eigenvalue weighted by molar-refractivity contribution is 0.171.